The molecule has 0 spiro atoms. The van der Waals surface area contributed by atoms with Gasteiger partial charge in [0.15, 0.2) is 0 Å². The molecule has 0 N–H and O–H groups in total. The Kier molecular flexibility index (Phi) is 4.35. The molecule has 0 aliphatic carbocycles. The molecule has 3 rings (SSSR count). The van der Waals surface area contributed by atoms with Crippen LogP contribution in [0.1, 0.15) is 5.89 Å². The number of nitrogens with zero attached hydrogens (tertiary/aromatic N) is 5. The van der Waals surface area contributed by atoms with Gasteiger partial charge in [-0.25, -0.2) is 0 Å². The smallest absolute Gasteiger partial charge is 0.318 e. The second kappa shape index (κ2) is 6.40. The Hall–Kier alpha value is -1.67. The predicted molar refractivity (Wildman–Crippen MR) is 75.1 cm³/mol. The van der Waals surface area contributed by atoms with E-state index in [1.165, 1.54) is 0 Å². The summed E-state index contributed by atoms with van der Waals surface area (Å²) in [4.78, 5) is 18.3. The van der Waals surface area contributed by atoms with Gasteiger partial charge in [0.05, 0.1) is 19.8 Å². The summed E-state index contributed by atoms with van der Waals surface area (Å²) in [7, 11) is 0. The lowest BCUT2D eigenvalue weighted by molar-refractivity contribution is -0.136. The van der Waals surface area contributed by atoms with Crippen LogP contribution in [0.15, 0.2) is 4.42 Å². The highest BCUT2D eigenvalue weighted by Crippen LogP contribution is 2.14. The number of hydrogen-bond donors (Lipinski definition) is 0. The molecule has 0 radical (unpaired) electrons. The predicted octanol–water partition coefficient (Wildman–Crippen LogP) is -0.641. The van der Waals surface area contributed by atoms with E-state index in [4.69, 9.17) is 9.15 Å². The van der Waals surface area contributed by atoms with Crippen LogP contribution in [-0.2, 0) is 9.53 Å². The van der Waals surface area contributed by atoms with E-state index in [0.29, 0.717) is 44.8 Å². The zero-order chi connectivity index (χ0) is 14.7. The van der Waals surface area contributed by atoms with Gasteiger partial charge in [0.25, 0.3) is 0 Å². The fourth-order valence-corrected chi connectivity index (χ4v) is 2.62. The summed E-state index contributed by atoms with van der Waals surface area (Å²) >= 11 is 0. The molecule has 8 heteroatoms. The molecule has 0 unspecified atom stereocenters. The Morgan fingerprint density at radius 3 is 2.43 bits per heavy atom. The average Bonchev–Trinajstić information content (AvgIpc) is 2.95. The molecule has 1 amide bonds. The molecular formula is C13H21N5O3. The molecule has 8 nitrogen and oxygen atoms in total. The molecule has 2 aliphatic heterocycles. The number of rotatable bonds is 3. The van der Waals surface area contributed by atoms with Gasteiger partial charge >= 0.3 is 6.01 Å². The molecule has 0 aromatic carbocycles. The second-order valence-corrected chi connectivity index (χ2v) is 5.36. The maximum Gasteiger partial charge on any atom is 0.318 e. The molecule has 21 heavy (non-hydrogen) atoms. The van der Waals surface area contributed by atoms with Crippen molar-refractivity contribution >= 4 is 11.9 Å². The third kappa shape index (κ3) is 3.51. The minimum atomic E-state index is 0.195. The molecule has 2 fully saturated rings. The van der Waals surface area contributed by atoms with Crippen LogP contribution < -0.4 is 4.90 Å². The van der Waals surface area contributed by atoms with Crippen molar-refractivity contribution in [3.8, 4) is 0 Å². The maximum absolute atomic E-state index is 12.2. The zero-order valence-electron chi connectivity index (χ0n) is 12.3. The van der Waals surface area contributed by atoms with Crippen molar-refractivity contribution in [2.75, 3.05) is 63.9 Å². The van der Waals surface area contributed by atoms with Gasteiger partial charge < -0.3 is 19.0 Å². The number of carbonyl (C=O) groups is 1. The molecule has 2 saturated heterocycles. The molecule has 3 heterocycles. The van der Waals surface area contributed by atoms with Gasteiger partial charge in [0.1, 0.15) is 0 Å². The lowest BCUT2D eigenvalue weighted by Crippen LogP contribution is -2.51. The number of aromatic nitrogens is 2. The minimum Gasteiger partial charge on any atom is -0.408 e. The number of hydrogen-bond acceptors (Lipinski definition) is 7. The van der Waals surface area contributed by atoms with E-state index in [-0.39, 0.29) is 5.91 Å². The van der Waals surface area contributed by atoms with Gasteiger partial charge in [-0.2, -0.15) is 0 Å². The van der Waals surface area contributed by atoms with E-state index in [0.717, 1.165) is 26.2 Å². The Labute approximate surface area is 123 Å². The number of anilines is 1. The highest BCUT2D eigenvalue weighted by Gasteiger charge is 2.24. The largest absolute Gasteiger partial charge is 0.408 e. The summed E-state index contributed by atoms with van der Waals surface area (Å²) in [5, 5.41) is 7.88. The summed E-state index contributed by atoms with van der Waals surface area (Å²) in [6, 6.07) is 0.576. The maximum atomic E-state index is 12.2. The molecule has 1 aromatic rings. The standard InChI is InChI=1S/C13H21N5O3/c1-11-14-15-13(21-11)18-4-2-16(3-5-18)10-12(19)17-6-8-20-9-7-17/h2-10H2,1H3. The molecule has 0 bridgehead atoms. The van der Waals surface area contributed by atoms with E-state index in [9.17, 15) is 4.79 Å². The summed E-state index contributed by atoms with van der Waals surface area (Å²) in [6.45, 7) is 8.25. The normalized spacial score (nSPS) is 20.8. The summed E-state index contributed by atoms with van der Waals surface area (Å²) in [6.07, 6.45) is 0. The van der Waals surface area contributed by atoms with Crippen molar-refractivity contribution in [3.63, 3.8) is 0 Å². The molecule has 0 atom stereocenters. The van der Waals surface area contributed by atoms with Gasteiger partial charge in [-0.15, -0.1) is 5.10 Å². The van der Waals surface area contributed by atoms with Crippen LogP contribution in [0.3, 0.4) is 0 Å². The zero-order valence-corrected chi connectivity index (χ0v) is 12.3. The van der Waals surface area contributed by atoms with Crippen molar-refractivity contribution in [3.05, 3.63) is 5.89 Å². The van der Waals surface area contributed by atoms with Crippen LogP contribution >= 0.6 is 0 Å². The van der Waals surface area contributed by atoms with E-state index in [1.807, 2.05) is 4.90 Å². The molecular weight excluding hydrogens is 274 g/mol. The van der Waals surface area contributed by atoms with Gasteiger partial charge in [0, 0.05) is 46.2 Å². The quantitative estimate of drug-likeness (QED) is 0.734. The lowest BCUT2D eigenvalue weighted by atomic mass is 10.3. The van der Waals surface area contributed by atoms with Crippen molar-refractivity contribution in [2.24, 2.45) is 0 Å². The third-order valence-electron chi connectivity index (χ3n) is 3.88. The van der Waals surface area contributed by atoms with Crippen molar-refractivity contribution in [1.82, 2.24) is 20.0 Å². The van der Waals surface area contributed by atoms with Gasteiger partial charge in [0.2, 0.25) is 11.8 Å². The number of morpholine rings is 1. The van der Waals surface area contributed by atoms with Gasteiger partial charge in [-0.3, -0.25) is 9.69 Å². The van der Waals surface area contributed by atoms with E-state index in [2.05, 4.69) is 20.0 Å². The number of aryl methyl sites for hydroxylation is 1. The van der Waals surface area contributed by atoms with Crippen LogP contribution in [0.5, 0.6) is 0 Å². The number of amides is 1. The third-order valence-corrected chi connectivity index (χ3v) is 3.88. The van der Waals surface area contributed by atoms with Crippen molar-refractivity contribution in [2.45, 2.75) is 6.92 Å². The monoisotopic (exact) mass is 295 g/mol. The van der Waals surface area contributed by atoms with E-state index in [1.54, 1.807) is 6.92 Å². The first kappa shape index (κ1) is 14.3. The van der Waals surface area contributed by atoms with Gasteiger partial charge in [-0.1, -0.05) is 5.10 Å². The van der Waals surface area contributed by atoms with Crippen LogP contribution in [0.4, 0.5) is 6.01 Å². The van der Waals surface area contributed by atoms with Crippen LogP contribution in [0, 0.1) is 6.92 Å². The topological polar surface area (TPSA) is 74.9 Å². The highest BCUT2D eigenvalue weighted by molar-refractivity contribution is 5.78. The van der Waals surface area contributed by atoms with Crippen molar-refractivity contribution < 1.29 is 13.9 Å². The number of piperazine rings is 1. The van der Waals surface area contributed by atoms with E-state index >= 15 is 0 Å². The van der Waals surface area contributed by atoms with Crippen molar-refractivity contribution in [1.29, 1.82) is 0 Å². The molecule has 1 aromatic heterocycles. The van der Waals surface area contributed by atoms with E-state index < -0.39 is 0 Å². The molecule has 0 saturated carbocycles. The fourth-order valence-electron chi connectivity index (χ4n) is 2.62. The number of carbonyl (C=O) groups excluding carboxylic acids is 1. The van der Waals surface area contributed by atoms with Crippen LogP contribution in [0.2, 0.25) is 0 Å². The first-order valence-electron chi connectivity index (χ1n) is 7.35. The molecule has 2 aliphatic rings. The highest BCUT2D eigenvalue weighted by atomic mass is 16.5. The average molecular weight is 295 g/mol. The van der Waals surface area contributed by atoms with Crippen LogP contribution in [-0.4, -0.2) is 84.9 Å². The first-order valence-corrected chi connectivity index (χ1v) is 7.35. The number of ether oxygens (including phenoxy) is 1. The summed E-state index contributed by atoms with van der Waals surface area (Å²) < 4.78 is 10.7. The fraction of sp³-hybridized carbons (Fsp3) is 0.769. The van der Waals surface area contributed by atoms with Crippen LogP contribution in [0.25, 0.3) is 0 Å². The Morgan fingerprint density at radius 2 is 1.81 bits per heavy atom. The first-order chi connectivity index (χ1) is 10.2. The molecule has 116 valence electrons. The second-order valence-electron chi connectivity index (χ2n) is 5.36. The Morgan fingerprint density at radius 1 is 1.10 bits per heavy atom. The van der Waals surface area contributed by atoms with Gasteiger partial charge in [-0.05, 0) is 0 Å². The summed E-state index contributed by atoms with van der Waals surface area (Å²) in [5.74, 6) is 0.773. The SMILES string of the molecule is Cc1nnc(N2CCN(CC(=O)N3CCOCC3)CC2)o1. The Bertz CT molecular complexity index is 478. The Balaban J connectivity index is 1.46. The summed E-state index contributed by atoms with van der Waals surface area (Å²) in [5.41, 5.74) is 0. The minimum absolute atomic E-state index is 0.195. The lowest BCUT2D eigenvalue weighted by Gasteiger charge is -2.35.